The van der Waals surface area contributed by atoms with Gasteiger partial charge in [0, 0.05) is 11.8 Å². The van der Waals surface area contributed by atoms with Gasteiger partial charge < -0.3 is 5.73 Å². The molecule has 0 aliphatic heterocycles. The summed E-state index contributed by atoms with van der Waals surface area (Å²) >= 11 is 0. The van der Waals surface area contributed by atoms with Gasteiger partial charge in [0.25, 0.3) is 0 Å². The lowest BCUT2D eigenvalue weighted by atomic mass is 9.97. The van der Waals surface area contributed by atoms with Crippen LogP contribution in [-0.4, -0.2) is 4.98 Å². The fraction of sp³-hybridized carbons (Fsp3) is 0.267. The number of pyridine rings is 1. The second kappa shape index (κ2) is 5.00. The highest BCUT2D eigenvalue weighted by molar-refractivity contribution is 5.75. The third kappa shape index (κ3) is 2.31. The van der Waals surface area contributed by atoms with Crippen molar-refractivity contribution in [2.45, 2.75) is 26.7 Å². The van der Waals surface area contributed by atoms with Crippen molar-refractivity contribution in [3.05, 3.63) is 47.7 Å². The Morgan fingerprint density at radius 1 is 1.12 bits per heavy atom. The van der Waals surface area contributed by atoms with E-state index in [9.17, 15) is 0 Å². The lowest BCUT2D eigenvalue weighted by Crippen LogP contribution is -1.97. The molecule has 0 fully saturated rings. The van der Waals surface area contributed by atoms with Crippen molar-refractivity contribution in [1.82, 2.24) is 4.98 Å². The first kappa shape index (κ1) is 11.6. The Morgan fingerprint density at radius 3 is 2.59 bits per heavy atom. The summed E-state index contributed by atoms with van der Waals surface area (Å²) in [5, 5.41) is 0. The van der Waals surface area contributed by atoms with E-state index in [-0.39, 0.29) is 0 Å². The molecule has 2 aromatic rings. The highest BCUT2D eigenvalue weighted by atomic mass is 14.7. The zero-order chi connectivity index (χ0) is 12.3. The van der Waals surface area contributed by atoms with Crippen molar-refractivity contribution in [3.8, 4) is 11.3 Å². The Hall–Kier alpha value is -1.83. The van der Waals surface area contributed by atoms with Crippen LogP contribution in [0.1, 0.15) is 25.0 Å². The highest BCUT2D eigenvalue weighted by Gasteiger charge is 2.08. The topological polar surface area (TPSA) is 38.9 Å². The van der Waals surface area contributed by atoms with Crippen molar-refractivity contribution >= 4 is 5.69 Å². The van der Waals surface area contributed by atoms with Gasteiger partial charge in [0.15, 0.2) is 0 Å². The Morgan fingerprint density at radius 2 is 1.94 bits per heavy atom. The molecule has 1 aromatic heterocycles. The fourth-order valence-electron chi connectivity index (χ4n) is 2.02. The van der Waals surface area contributed by atoms with E-state index in [1.54, 1.807) is 6.20 Å². The molecule has 2 N–H and O–H groups in total. The predicted octanol–water partition coefficient (Wildman–Crippen LogP) is 3.46. The van der Waals surface area contributed by atoms with Crippen LogP contribution in [0.15, 0.2) is 36.5 Å². The van der Waals surface area contributed by atoms with Gasteiger partial charge in [-0.1, -0.05) is 26.0 Å². The molecule has 0 spiro atoms. The smallest absolute Gasteiger partial charge is 0.0933 e. The van der Waals surface area contributed by atoms with E-state index in [1.165, 1.54) is 16.7 Å². The Bertz CT molecular complexity index is 518. The van der Waals surface area contributed by atoms with Crippen LogP contribution >= 0.6 is 0 Å². The molecule has 0 saturated heterocycles. The van der Waals surface area contributed by atoms with Crippen LogP contribution in [-0.2, 0) is 12.8 Å². The molecular formula is C15H18N2. The van der Waals surface area contributed by atoms with Crippen LogP contribution in [0, 0.1) is 0 Å². The minimum absolute atomic E-state index is 0.746. The van der Waals surface area contributed by atoms with E-state index in [0.717, 1.165) is 24.2 Å². The summed E-state index contributed by atoms with van der Waals surface area (Å²) in [6, 6.07) is 10.3. The van der Waals surface area contributed by atoms with E-state index >= 15 is 0 Å². The van der Waals surface area contributed by atoms with Gasteiger partial charge in [-0.3, -0.25) is 4.98 Å². The molecule has 2 nitrogen and oxygen atoms in total. The molecular weight excluding hydrogens is 208 g/mol. The molecule has 0 unspecified atom stereocenters. The number of benzene rings is 1. The molecule has 1 heterocycles. The number of aromatic nitrogens is 1. The van der Waals surface area contributed by atoms with Gasteiger partial charge in [-0.2, -0.15) is 0 Å². The summed E-state index contributed by atoms with van der Waals surface area (Å²) < 4.78 is 0. The summed E-state index contributed by atoms with van der Waals surface area (Å²) in [4.78, 5) is 4.41. The van der Waals surface area contributed by atoms with Gasteiger partial charge in [-0.15, -0.1) is 0 Å². The summed E-state index contributed by atoms with van der Waals surface area (Å²) in [6.45, 7) is 4.32. The van der Waals surface area contributed by atoms with Crippen LogP contribution < -0.4 is 5.73 Å². The van der Waals surface area contributed by atoms with Crippen molar-refractivity contribution in [2.75, 3.05) is 5.73 Å². The van der Waals surface area contributed by atoms with Gasteiger partial charge in [0.2, 0.25) is 0 Å². The van der Waals surface area contributed by atoms with Crippen molar-refractivity contribution in [1.29, 1.82) is 0 Å². The summed E-state index contributed by atoms with van der Waals surface area (Å²) in [5.74, 6) is 0. The lowest BCUT2D eigenvalue weighted by molar-refractivity contribution is 1.10. The molecule has 88 valence electrons. The summed E-state index contributed by atoms with van der Waals surface area (Å²) in [6.07, 6.45) is 3.82. The number of nitrogens with two attached hydrogens (primary N) is 1. The van der Waals surface area contributed by atoms with Crippen LogP contribution in [0.2, 0.25) is 0 Å². The largest absolute Gasteiger partial charge is 0.397 e. The maximum Gasteiger partial charge on any atom is 0.0933 e. The number of nitrogen functional groups attached to an aromatic ring is 1. The second-order valence-corrected chi connectivity index (χ2v) is 4.14. The second-order valence-electron chi connectivity index (χ2n) is 4.14. The highest BCUT2D eigenvalue weighted by Crippen LogP contribution is 2.28. The first-order valence-corrected chi connectivity index (χ1v) is 6.09. The fourth-order valence-corrected chi connectivity index (χ4v) is 2.02. The first-order valence-electron chi connectivity index (χ1n) is 6.09. The zero-order valence-electron chi connectivity index (χ0n) is 10.4. The SMILES string of the molecule is CCc1ccc(CC)c(-c2ncccc2N)c1. The van der Waals surface area contributed by atoms with Crippen LogP contribution in [0.25, 0.3) is 11.3 Å². The first-order chi connectivity index (χ1) is 8.26. The molecule has 0 aliphatic carbocycles. The Balaban J connectivity index is 2.60. The molecule has 0 aliphatic rings. The van der Waals surface area contributed by atoms with Gasteiger partial charge in [-0.25, -0.2) is 0 Å². The quantitative estimate of drug-likeness (QED) is 0.870. The molecule has 0 radical (unpaired) electrons. The molecule has 1 aromatic carbocycles. The van der Waals surface area contributed by atoms with Gasteiger partial charge in [0.1, 0.15) is 0 Å². The number of hydrogen-bond donors (Lipinski definition) is 1. The van der Waals surface area contributed by atoms with Crippen molar-refractivity contribution in [2.24, 2.45) is 0 Å². The average Bonchev–Trinajstić information content (AvgIpc) is 2.38. The van der Waals surface area contributed by atoms with E-state index < -0.39 is 0 Å². The molecule has 0 amide bonds. The third-order valence-electron chi connectivity index (χ3n) is 3.06. The molecule has 0 bridgehead atoms. The van der Waals surface area contributed by atoms with E-state index in [4.69, 9.17) is 5.73 Å². The monoisotopic (exact) mass is 226 g/mol. The number of anilines is 1. The van der Waals surface area contributed by atoms with Crippen molar-refractivity contribution in [3.63, 3.8) is 0 Å². The Labute approximate surface area is 103 Å². The third-order valence-corrected chi connectivity index (χ3v) is 3.06. The molecule has 2 heteroatoms. The normalized spacial score (nSPS) is 10.5. The number of rotatable bonds is 3. The van der Waals surface area contributed by atoms with Crippen LogP contribution in [0.3, 0.4) is 0 Å². The van der Waals surface area contributed by atoms with E-state index in [2.05, 4.69) is 37.0 Å². The number of hydrogen-bond acceptors (Lipinski definition) is 2. The number of aryl methyl sites for hydroxylation is 2. The maximum atomic E-state index is 6.01. The standard InChI is InChI=1S/C15H18N2/c1-3-11-7-8-12(4-2)13(10-11)15-14(16)6-5-9-17-15/h5-10H,3-4,16H2,1-2H3. The van der Waals surface area contributed by atoms with Gasteiger partial charge in [-0.05, 0) is 42.2 Å². The van der Waals surface area contributed by atoms with Crippen molar-refractivity contribution < 1.29 is 0 Å². The Kier molecular flexibility index (Phi) is 3.43. The average molecular weight is 226 g/mol. The number of nitrogens with zero attached hydrogens (tertiary/aromatic N) is 1. The molecule has 0 atom stereocenters. The van der Waals surface area contributed by atoms with E-state index in [1.807, 2.05) is 12.1 Å². The summed E-state index contributed by atoms with van der Waals surface area (Å²) in [7, 11) is 0. The van der Waals surface area contributed by atoms with Gasteiger partial charge in [0.05, 0.1) is 11.4 Å². The molecule has 0 saturated carbocycles. The molecule has 17 heavy (non-hydrogen) atoms. The van der Waals surface area contributed by atoms with Crippen LogP contribution in [0.4, 0.5) is 5.69 Å². The van der Waals surface area contributed by atoms with Crippen LogP contribution in [0.5, 0.6) is 0 Å². The lowest BCUT2D eigenvalue weighted by Gasteiger charge is -2.11. The predicted molar refractivity (Wildman–Crippen MR) is 72.8 cm³/mol. The van der Waals surface area contributed by atoms with Gasteiger partial charge >= 0.3 is 0 Å². The minimum Gasteiger partial charge on any atom is -0.397 e. The van der Waals surface area contributed by atoms with E-state index in [0.29, 0.717) is 0 Å². The minimum atomic E-state index is 0.746. The molecule has 2 rings (SSSR count). The summed E-state index contributed by atoms with van der Waals surface area (Å²) in [5.41, 5.74) is 11.4. The zero-order valence-corrected chi connectivity index (χ0v) is 10.4. The maximum absolute atomic E-state index is 6.01.